The molecule has 4 aromatic rings. The number of furan rings is 1. The highest BCUT2D eigenvalue weighted by Gasteiger charge is 2.32. The molecule has 1 aliphatic heterocycles. The Morgan fingerprint density at radius 2 is 1.97 bits per heavy atom. The summed E-state index contributed by atoms with van der Waals surface area (Å²) in [5.41, 5.74) is 5.64. The number of aryl methyl sites for hydroxylation is 1. The van der Waals surface area contributed by atoms with E-state index in [1.807, 2.05) is 35.8 Å². The predicted octanol–water partition coefficient (Wildman–Crippen LogP) is 5.07. The Kier molecular flexibility index (Phi) is 5.38. The zero-order valence-electron chi connectivity index (χ0n) is 18.5. The molecule has 0 N–H and O–H groups in total. The van der Waals surface area contributed by atoms with Crippen LogP contribution in [0.25, 0.3) is 11.8 Å². The molecule has 1 unspecified atom stereocenters. The van der Waals surface area contributed by atoms with E-state index < -0.39 is 0 Å². The standard InChI is InChI=1S/C27H21BrN2O3S/c1-2-32-18-10-7-17(8-11-18)25-21-13-9-16-5-3-4-6-20(16)24(21)29-27-30(25)26(31)22(34-27)15-19-12-14-23(28)33-19/h3-8,10-12,14-15,25H,2,9,13H2,1H3. The zero-order valence-corrected chi connectivity index (χ0v) is 20.9. The molecule has 5 nitrogen and oxygen atoms in total. The lowest BCUT2D eigenvalue weighted by atomic mass is 9.83. The van der Waals surface area contributed by atoms with Gasteiger partial charge in [-0.1, -0.05) is 47.7 Å². The van der Waals surface area contributed by atoms with Gasteiger partial charge in [0, 0.05) is 11.6 Å². The minimum absolute atomic E-state index is 0.0550. The molecule has 0 fully saturated rings. The van der Waals surface area contributed by atoms with Crippen LogP contribution in [0.15, 0.2) is 85.1 Å². The van der Waals surface area contributed by atoms with E-state index in [0.717, 1.165) is 35.4 Å². The summed E-state index contributed by atoms with van der Waals surface area (Å²) in [4.78, 5) is 19.4. The number of ether oxygens (including phenoxy) is 1. The fourth-order valence-corrected chi connectivity index (χ4v) is 6.07. The van der Waals surface area contributed by atoms with Crippen molar-refractivity contribution in [3.8, 4) is 5.75 Å². The largest absolute Gasteiger partial charge is 0.494 e. The monoisotopic (exact) mass is 532 g/mol. The summed E-state index contributed by atoms with van der Waals surface area (Å²) in [7, 11) is 0. The van der Waals surface area contributed by atoms with Crippen molar-refractivity contribution >= 4 is 39.0 Å². The molecule has 0 spiro atoms. The van der Waals surface area contributed by atoms with Crippen molar-refractivity contribution < 1.29 is 9.15 Å². The number of fused-ring (bicyclic) bond motifs is 3. The molecular weight excluding hydrogens is 512 g/mol. The van der Waals surface area contributed by atoms with Crippen molar-refractivity contribution in [3.63, 3.8) is 0 Å². The normalized spacial score (nSPS) is 17.1. The number of rotatable bonds is 4. The van der Waals surface area contributed by atoms with E-state index in [1.165, 1.54) is 22.5 Å². The number of nitrogens with zero attached hydrogens (tertiary/aromatic N) is 2. The average molecular weight is 533 g/mol. The second kappa shape index (κ2) is 8.56. The van der Waals surface area contributed by atoms with Gasteiger partial charge in [-0.05, 0) is 76.7 Å². The predicted molar refractivity (Wildman–Crippen MR) is 137 cm³/mol. The highest BCUT2D eigenvalue weighted by molar-refractivity contribution is 9.10. The topological polar surface area (TPSA) is 56.7 Å². The lowest BCUT2D eigenvalue weighted by Gasteiger charge is -2.30. The highest BCUT2D eigenvalue weighted by Crippen LogP contribution is 2.41. The molecule has 6 rings (SSSR count). The van der Waals surface area contributed by atoms with E-state index in [4.69, 9.17) is 14.1 Å². The van der Waals surface area contributed by atoms with Gasteiger partial charge >= 0.3 is 0 Å². The molecule has 170 valence electrons. The third kappa shape index (κ3) is 3.60. The first-order valence-corrected chi connectivity index (χ1v) is 12.8. The smallest absolute Gasteiger partial charge is 0.271 e. The van der Waals surface area contributed by atoms with E-state index >= 15 is 0 Å². The van der Waals surface area contributed by atoms with Gasteiger partial charge in [-0.2, -0.15) is 0 Å². The van der Waals surface area contributed by atoms with Crippen LogP contribution in [0.1, 0.15) is 41.8 Å². The second-order valence-corrected chi connectivity index (χ2v) is 10.0. The van der Waals surface area contributed by atoms with Gasteiger partial charge in [0.1, 0.15) is 11.5 Å². The number of hydrogen-bond acceptors (Lipinski definition) is 5. The van der Waals surface area contributed by atoms with Gasteiger partial charge in [0.05, 0.1) is 22.9 Å². The van der Waals surface area contributed by atoms with Crippen LogP contribution in [-0.4, -0.2) is 11.2 Å². The maximum Gasteiger partial charge on any atom is 0.271 e. The van der Waals surface area contributed by atoms with Gasteiger partial charge in [-0.15, -0.1) is 0 Å². The van der Waals surface area contributed by atoms with Crippen molar-refractivity contribution in [2.24, 2.45) is 4.99 Å². The summed E-state index contributed by atoms with van der Waals surface area (Å²) in [6, 6.07) is 20.0. The maximum atomic E-state index is 13.7. The first kappa shape index (κ1) is 21.4. The number of allylic oxidation sites excluding steroid dienone is 1. The van der Waals surface area contributed by atoms with E-state index in [2.05, 4.69) is 52.3 Å². The van der Waals surface area contributed by atoms with Gasteiger partial charge in [-0.3, -0.25) is 9.36 Å². The zero-order chi connectivity index (χ0) is 23.2. The highest BCUT2D eigenvalue weighted by atomic mass is 79.9. The molecule has 2 aliphatic rings. The lowest BCUT2D eigenvalue weighted by Crippen LogP contribution is -2.38. The third-order valence-electron chi connectivity index (χ3n) is 6.25. The quantitative estimate of drug-likeness (QED) is 0.368. The van der Waals surface area contributed by atoms with Crippen LogP contribution in [-0.2, 0) is 6.42 Å². The summed E-state index contributed by atoms with van der Waals surface area (Å²) in [6.07, 6.45) is 3.59. The molecule has 3 heterocycles. The summed E-state index contributed by atoms with van der Waals surface area (Å²) in [6.45, 7) is 2.59. The molecule has 2 aromatic carbocycles. The summed E-state index contributed by atoms with van der Waals surface area (Å²) >= 11 is 4.73. The molecule has 0 saturated heterocycles. The van der Waals surface area contributed by atoms with Gasteiger partial charge < -0.3 is 9.15 Å². The fraction of sp³-hybridized carbons (Fsp3) is 0.185. The van der Waals surface area contributed by atoms with Crippen LogP contribution in [0.5, 0.6) is 5.75 Å². The average Bonchev–Trinajstić information content (AvgIpc) is 3.40. The Bertz CT molecular complexity index is 1610. The Hall–Kier alpha value is -3.16. The Morgan fingerprint density at radius 3 is 2.74 bits per heavy atom. The molecule has 0 bridgehead atoms. The summed E-state index contributed by atoms with van der Waals surface area (Å²) < 4.78 is 14.4. The van der Waals surface area contributed by atoms with Crippen LogP contribution >= 0.6 is 27.3 Å². The van der Waals surface area contributed by atoms with Crippen LogP contribution in [0.2, 0.25) is 0 Å². The SMILES string of the molecule is CCOc1ccc(C2C3=C(N=c4sc(=Cc5ccc(Br)o5)c(=O)n42)c2ccccc2CC3)cc1. The second-order valence-electron chi connectivity index (χ2n) is 8.26. The fourth-order valence-electron chi connectivity index (χ4n) is 4.77. The number of halogens is 1. The molecule has 0 saturated carbocycles. The van der Waals surface area contributed by atoms with Gasteiger partial charge in [0.2, 0.25) is 0 Å². The van der Waals surface area contributed by atoms with Crippen LogP contribution < -0.4 is 19.6 Å². The van der Waals surface area contributed by atoms with Crippen LogP contribution in [0.3, 0.4) is 0 Å². The van der Waals surface area contributed by atoms with Crippen LogP contribution in [0.4, 0.5) is 0 Å². The van der Waals surface area contributed by atoms with Crippen molar-refractivity contribution in [1.29, 1.82) is 0 Å². The van der Waals surface area contributed by atoms with E-state index in [9.17, 15) is 4.79 Å². The number of benzene rings is 2. The number of aromatic nitrogens is 1. The van der Waals surface area contributed by atoms with Gasteiger partial charge in [-0.25, -0.2) is 4.99 Å². The van der Waals surface area contributed by atoms with Gasteiger partial charge in [0.15, 0.2) is 9.47 Å². The van der Waals surface area contributed by atoms with E-state index in [0.29, 0.717) is 26.4 Å². The van der Waals surface area contributed by atoms with Crippen LogP contribution in [0, 0.1) is 0 Å². The van der Waals surface area contributed by atoms with Crippen molar-refractivity contribution in [1.82, 2.24) is 4.57 Å². The van der Waals surface area contributed by atoms with Gasteiger partial charge in [0.25, 0.3) is 5.56 Å². The number of thiazole rings is 1. The molecular formula is C27H21BrN2O3S. The molecule has 0 amide bonds. The van der Waals surface area contributed by atoms with E-state index in [-0.39, 0.29) is 11.6 Å². The minimum atomic E-state index is -0.208. The molecule has 7 heteroatoms. The molecule has 2 aromatic heterocycles. The summed E-state index contributed by atoms with van der Waals surface area (Å²) in [5.74, 6) is 1.45. The molecule has 0 radical (unpaired) electrons. The van der Waals surface area contributed by atoms with Crippen molar-refractivity contribution in [3.05, 3.63) is 113 Å². The molecule has 1 atom stereocenters. The number of hydrogen-bond donors (Lipinski definition) is 0. The third-order valence-corrected chi connectivity index (χ3v) is 7.66. The lowest BCUT2D eigenvalue weighted by molar-refractivity contribution is 0.340. The molecule has 1 aliphatic carbocycles. The maximum absolute atomic E-state index is 13.7. The molecule has 34 heavy (non-hydrogen) atoms. The Balaban J connectivity index is 1.59. The first-order chi connectivity index (χ1) is 16.6. The Labute approximate surface area is 208 Å². The van der Waals surface area contributed by atoms with Crippen molar-refractivity contribution in [2.45, 2.75) is 25.8 Å². The minimum Gasteiger partial charge on any atom is -0.494 e. The van der Waals surface area contributed by atoms with E-state index in [1.54, 1.807) is 6.08 Å². The first-order valence-electron chi connectivity index (χ1n) is 11.2. The summed E-state index contributed by atoms with van der Waals surface area (Å²) in [5, 5.41) is 0. The Morgan fingerprint density at radius 1 is 1.15 bits per heavy atom. The van der Waals surface area contributed by atoms with Crippen molar-refractivity contribution in [2.75, 3.05) is 6.61 Å².